The Labute approximate surface area is 113 Å². The van der Waals surface area contributed by atoms with E-state index >= 15 is 0 Å². The average Bonchev–Trinajstić information content (AvgIpc) is 2.37. The van der Waals surface area contributed by atoms with Crippen molar-refractivity contribution in [2.24, 2.45) is 5.92 Å². The van der Waals surface area contributed by atoms with E-state index in [-0.39, 0.29) is 25.4 Å². The monoisotopic (exact) mass is 273 g/mol. The molecule has 0 aliphatic rings. The maximum absolute atomic E-state index is 11.6. The van der Waals surface area contributed by atoms with E-state index in [1.54, 1.807) is 4.90 Å². The predicted octanol–water partition coefficient (Wildman–Crippen LogP) is 0.265. The quantitative estimate of drug-likeness (QED) is 0.591. The van der Waals surface area contributed by atoms with Gasteiger partial charge in [-0.1, -0.05) is 6.92 Å². The van der Waals surface area contributed by atoms with Crippen molar-refractivity contribution in [2.75, 3.05) is 26.2 Å². The zero-order chi connectivity index (χ0) is 14.8. The number of carboxylic acids is 1. The number of carbonyl (C=O) groups is 3. The van der Waals surface area contributed by atoms with E-state index in [0.29, 0.717) is 13.1 Å². The second kappa shape index (κ2) is 9.18. The number of carboxylic acid groups (broad SMARTS) is 1. The van der Waals surface area contributed by atoms with Gasteiger partial charge in [0.25, 0.3) is 0 Å². The second-order valence-corrected chi connectivity index (χ2v) is 4.19. The molecule has 7 nitrogen and oxygen atoms in total. The molecule has 0 heterocycles. The van der Waals surface area contributed by atoms with Crippen LogP contribution in [0.1, 0.15) is 27.2 Å². The third kappa shape index (κ3) is 7.28. The summed E-state index contributed by atoms with van der Waals surface area (Å²) >= 11 is 0. The lowest BCUT2D eigenvalue weighted by Gasteiger charge is -2.18. The Balaban J connectivity index is 3.80. The van der Waals surface area contributed by atoms with Gasteiger partial charge in [0.1, 0.15) is 0 Å². The van der Waals surface area contributed by atoms with Crippen molar-refractivity contribution < 1.29 is 19.5 Å². The van der Waals surface area contributed by atoms with Crippen LogP contribution in [0.3, 0.4) is 0 Å². The fraction of sp³-hybridized carbons (Fsp3) is 0.750. The zero-order valence-electron chi connectivity index (χ0n) is 11.7. The Kier molecular flexibility index (Phi) is 8.32. The molecule has 0 bridgehead atoms. The number of hydrogen-bond acceptors (Lipinski definition) is 3. The molecule has 7 heteroatoms. The van der Waals surface area contributed by atoms with Crippen LogP contribution >= 0.6 is 0 Å². The molecule has 110 valence electrons. The van der Waals surface area contributed by atoms with Gasteiger partial charge in [0, 0.05) is 32.6 Å². The second-order valence-electron chi connectivity index (χ2n) is 4.19. The van der Waals surface area contributed by atoms with Crippen molar-refractivity contribution in [3.05, 3.63) is 0 Å². The van der Waals surface area contributed by atoms with Gasteiger partial charge in [-0.25, -0.2) is 4.79 Å². The Hall–Kier alpha value is -1.79. The smallest absolute Gasteiger partial charge is 0.314 e. The first kappa shape index (κ1) is 17.2. The normalized spacial score (nSPS) is 11.5. The fourth-order valence-electron chi connectivity index (χ4n) is 1.41. The lowest BCUT2D eigenvalue weighted by Crippen LogP contribution is -2.41. The Bertz CT molecular complexity index is 316. The van der Waals surface area contributed by atoms with Crippen molar-refractivity contribution >= 4 is 17.9 Å². The predicted molar refractivity (Wildman–Crippen MR) is 70.7 cm³/mol. The number of carbonyl (C=O) groups excluding carboxylic acids is 2. The zero-order valence-corrected chi connectivity index (χ0v) is 11.7. The molecule has 3 N–H and O–H groups in total. The van der Waals surface area contributed by atoms with Gasteiger partial charge in [0.2, 0.25) is 5.91 Å². The first-order chi connectivity index (χ1) is 8.92. The lowest BCUT2D eigenvalue weighted by atomic mass is 10.2. The van der Waals surface area contributed by atoms with Crippen LogP contribution in [0, 0.1) is 5.92 Å². The van der Waals surface area contributed by atoms with Gasteiger partial charge in [-0.15, -0.1) is 0 Å². The number of aliphatic carboxylic acids is 1. The summed E-state index contributed by atoms with van der Waals surface area (Å²) < 4.78 is 0. The van der Waals surface area contributed by atoms with Crippen LogP contribution in [0.2, 0.25) is 0 Å². The van der Waals surface area contributed by atoms with Crippen LogP contribution in [0.15, 0.2) is 0 Å². The van der Waals surface area contributed by atoms with Crippen LogP contribution in [0.25, 0.3) is 0 Å². The molecule has 0 aliphatic heterocycles. The molecule has 0 fully saturated rings. The lowest BCUT2D eigenvalue weighted by molar-refractivity contribution is -0.140. The Morgan fingerprint density at radius 1 is 1.16 bits per heavy atom. The summed E-state index contributed by atoms with van der Waals surface area (Å²) in [7, 11) is 0. The maximum atomic E-state index is 11.6. The van der Waals surface area contributed by atoms with E-state index in [1.807, 2.05) is 13.8 Å². The average molecular weight is 273 g/mol. The standard InChI is InChI=1S/C12H23N3O4/c1-4-15(5-2)10(16)6-7-13-12(19)14-8-9(3)11(17)18/h9H,4-8H2,1-3H3,(H,17,18)(H2,13,14,19). The highest BCUT2D eigenvalue weighted by atomic mass is 16.4. The molecule has 0 spiro atoms. The molecule has 0 saturated carbocycles. The molecule has 1 atom stereocenters. The topological polar surface area (TPSA) is 98.7 Å². The molecule has 0 aromatic carbocycles. The third-order valence-electron chi connectivity index (χ3n) is 2.73. The molecule has 0 radical (unpaired) electrons. The number of nitrogens with one attached hydrogen (secondary N) is 2. The summed E-state index contributed by atoms with van der Waals surface area (Å²) in [6.07, 6.45) is 0.240. The maximum Gasteiger partial charge on any atom is 0.314 e. The van der Waals surface area contributed by atoms with E-state index in [2.05, 4.69) is 10.6 Å². The minimum absolute atomic E-state index is 0.01000. The van der Waals surface area contributed by atoms with Crippen molar-refractivity contribution in [2.45, 2.75) is 27.2 Å². The Morgan fingerprint density at radius 3 is 2.21 bits per heavy atom. The summed E-state index contributed by atoms with van der Waals surface area (Å²) in [6, 6.07) is -0.458. The molecule has 19 heavy (non-hydrogen) atoms. The van der Waals surface area contributed by atoms with Gasteiger partial charge in [-0.3, -0.25) is 9.59 Å². The number of amides is 3. The molecule has 3 amide bonds. The summed E-state index contributed by atoms with van der Waals surface area (Å²) in [6.45, 7) is 6.90. The van der Waals surface area contributed by atoms with Crippen molar-refractivity contribution in [3.63, 3.8) is 0 Å². The summed E-state index contributed by atoms with van der Waals surface area (Å²) in [5.41, 5.74) is 0. The van der Waals surface area contributed by atoms with Gasteiger partial charge in [-0.05, 0) is 13.8 Å². The van der Waals surface area contributed by atoms with Crippen LogP contribution in [-0.2, 0) is 9.59 Å². The molecule has 0 rings (SSSR count). The highest BCUT2D eigenvalue weighted by molar-refractivity contribution is 5.78. The van der Waals surface area contributed by atoms with Crippen LogP contribution in [0.5, 0.6) is 0 Å². The molecule has 0 aromatic rings. The molecular weight excluding hydrogens is 250 g/mol. The summed E-state index contributed by atoms with van der Waals surface area (Å²) in [4.78, 5) is 35.2. The fourth-order valence-corrected chi connectivity index (χ4v) is 1.41. The molecule has 1 unspecified atom stereocenters. The molecule has 0 aromatic heterocycles. The number of hydrogen-bond donors (Lipinski definition) is 3. The van der Waals surface area contributed by atoms with E-state index in [1.165, 1.54) is 6.92 Å². The van der Waals surface area contributed by atoms with Gasteiger partial charge in [0.05, 0.1) is 5.92 Å². The minimum Gasteiger partial charge on any atom is -0.481 e. The Morgan fingerprint density at radius 2 is 1.74 bits per heavy atom. The minimum atomic E-state index is -0.961. The van der Waals surface area contributed by atoms with E-state index in [9.17, 15) is 14.4 Å². The first-order valence-electron chi connectivity index (χ1n) is 6.44. The summed E-state index contributed by atoms with van der Waals surface area (Å²) in [5.74, 6) is -1.61. The number of urea groups is 1. The van der Waals surface area contributed by atoms with Crippen LogP contribution < -0.4 is 10.6 Å². The van der Waals surface area contributed by atoms with Crippen LogP contribution in [-0.4, -0.2) is 54.1 Å². The SMILES string of the molecule is CCN(CC)C(=O)CCNC(=O)NCC(C)C(=O)O. The molecule has 0 aliphatic carbocycles. The highest BCUT2D eigenvalue weighted by Crippen LogP contribution is 1.93. The van der Waals surface area contributed by atoms with Crippen LogP contribution in [0.4, 0.5) is 4.79 Å². The van der Waals surface area contributed by atoms with E-state index < -0.39 is 17.9 Å². The van der Waals surface area contributed by atoms with E-state index in [0.717, 1.165) is 0 Å². The van der Waals surface area contributed by atoms with Gasteiger partial charge >= 0.3 is 12.0 Å². The highest BCUT2D eigenvalue weighted by Gasteiger charge is 2.12. The summed E-state index contributed by atoms with van der Waals surface area (Å²) in [5, 5.41) is 13.6. The van der Waals surface area contributed by atoms with Crippen molar-refractivity contribution in [1.29, 1.82) is 0 Å². The van der Waals surface area contributed by atoms with Gasteiger partial charge in [-0.2, -0.15) is 0 Å². The number of rotatable bonds is 8. The van der Waals surface area contributed by atoms with Crippen molar-refractivity contribution in [1.82, 2.24) is 15.5 Å². The third-order valence-corrected chi connectivity index (χ3v) is 2.73. The molecular formula is C12H23N3O4. The number of nitrogens with zero attached hydrogens (tertiary/aromatic N) is 1. The van der Waals surface area contributed by atoms with Gasteiger partial charge < -0.3 is 20.6 Å². The van der Waals surface area contributed by atoms with Gasteiger partial charge in [0.15, 0.2) is 0 Å². The molecule has 0 saturated heterocycles. The van der Waals surface area contributed by atoms with E-state index in [4.69, 9.17) is 5.11 Å². The first-order valence-corrected chi connectivity index (χ1v) is 6.44. The van der Waals surface area contributed by atoms with Crippen molar-refractivity contribution in [3.8, 4) is 0 Å². The largest absolute Gasteiger partial charge is 0.481 e.